The smallest absolute Gasteiger partial charge is 0.251 e. The quantitative estimate of drug-likeness (QED) is 0.834. The lowest BCUT2D eigenvalue weighted by molar-refractivity contribution is -0.115. The zero-order chi connectivity index (χ0) is 20.4. The molecule has 2 heterocycles. The summed E-state index contributed by atoms with van der Waals surface area (Å²) in [6, 6.07) is 11.9. The molecule has 0 unspecified atom stereocenters. The monoisotopic (exact) mass is 396 g/mol. The van der Waals surface area contributed by atoms with E-state index in [2.05, 4.69) is 15.5 Å². The van der Waals surface area contributed by atoms with Crippen LogP contribution >= 0.6 is 0 Å². The number of hydrogen-bond donors (Lipinski definition) is 2. The predicted octanol–water partition coefficient (Wildman–Crippen LogP) is 2.86. The fourth-order valence-electron chi connectivity index (χ4n) is 3.94. The van der Waals surface area contributed by atoms with E-state index in [0.717, 1.165) is 30.9 Å². The Morgan fingerprint density at radius 1 is 1.21 bits per heavy atom. The van der Waals surface area contributed by atoms with Gasteiger partial charge in [0.05, 0.1) is 11.4 Å². The van der Waals surface area contributed by atoms with Crippen molar-refractivity contribution < 1.29 is 14.0 Å². The highest BCUT2D eigenvalue weighted by Gasteiger charge is 2.24. The number of benzene rings is 2. The van der Waals surface area contributed by atoms with Crippen LogP contribution in [0.5, 0.6) is 0 Å². The Kier molecular flexibility index (Phi) is 5.38. The minimum Gasteiger partial charge on any atom is -0.372 e. The van der Waals surface area contributed by atoms with Crippen LogP contribution in [0.2, 0.25) is 0 Å². The van der Waals surface area contributed by atoms with E-state index in [1.54, 1.807) is 24.3 Å². The van der Waals surface area contributed by atoms with Gasteiger partial charge in [0.1, 0.15) is 5.82 Å². The Hall–Kier alpha value is -3.09. The van der Waals surface area contributed by atoms with Gasteiger partial charge >= 0.3 is 0 Å². The predicted molar refractivity (Wildman–Crippen MR) is 112 cm³/mol. The molecule has 2 amide bonds. The molecule has 2 aromatic rings. The van der Waals surface area contributed by atoms with Crippen molar-refractivity contribution in [2.45, 2.75) is 12.8 Å². The SMILES string of the molecule is CN1CCC(=O)Nc2cc(C(=O)NC[C@H]3CCN(c4ccc(F)cc4)C3)ccc21. The zero-order valence-electron chi connectivity index (χ0n) is 16.5. The van der Waals surface area contributed by atoms with Gasteiger partial charge in [0.25, 0.3) is 5.91 Å². The highest BCUT2D eigenvalue weighted by Crippen LogP contribution is 2.29. The first-order valence-electron chi connectivity index (χ1n) is 9.93. The molecule has 2 aliphatic rings. The highest BCUT2D eigenvalue weighted by molar-refractivity contribution is 6.00. The average molecular weight is 396 g/mol. The normalized spacial score (nSPS) is 18.8. The van der Waals surface area contributed by atoms with E-state index in [9.17, 15) is 14.0 Å². The molecule has 0 radical (unpaired) electrons. The van der Waals surface area contributed by atoms with Crippen molar-refractivity contribution in [3.63, 3.8) is 0 Å². The summed E-state index contributed by atoms with van der Waals surface area (Å²) in [6.07, 6.45) is 1.40. The fourth-order valence-corrected chi connectivity index (χ4v) is 3.94. The van der Waals surface area contributed by atoms with Crippen LogP contribution in [0.1, 0.15) is 23.2 Å². The molecule has 0 aliphatic carbocycles. The molecule has 7 heteroatoms. The number of fused-ring (bicyclic) bond motifs is 1. The van der Waals surface area contributed by atoms with Gasteiger partial charge in [-0.15, -0.1) is 0 Å². The van der Waals surface area contributed by atoms with Gasteiger partial charge in [-0.1, -0.05) is 0 Å². The molecule has 0 saturated carbocycles. The number of halogens is 1. The topological polar surface area (TPSA) is 64.7 Å². The minimum absolute atomic E-state index is 0.0417. The van der Waals surface area contributed by atoms with Gasteiger partial charge in [0.15, 0.2) is 0 Å². The van der Waals surface area contributed by atoms with E-state index < -0.39 is 0 Å². The summed E-state index contributed by atoms with van der Waals surface area (Å²) in [7, 11) is 1.94. The van der Waals surface area contributed by atoms with Gasteiger partial charge < -0.3 is 20.4 Å². The summed E-state index contributed by atoms with van der Waals surface area (Å²) >= 11 is 0. The number of hydrogen-bond acceptors (Lipinski definition) is 4. The van der Waals surface area contributed by atoms with E-state index in [1.165, 1.54) is 12.1 Å². The van der Waals surface area contributed by atoms with E-state index >= 15 is 0 Å². The lowest BCUT2D eigenvalue weighted by atomic mass is 10.1. The van der Waals surface area contributed by atoms with Crippen molar-refractivity contribution in [3.05, 3.63) is 53.8 Å². The van der Waals surface area contributed by atoms with Gasteiger partial charge in [0.2, 0.25) is 5.91 Å². The Morgan fingerprint density at radius 3 is 2.79 bits per heavy atom. The Labute approximate surface area is 169 Å². The van der Waals surface area contributed by atoms with E-state index in [4.69, 9.17) is 0 Å². The molecule has 1 fully saturated rings. The highest BCUT2D eigenvalue weighted by atomic mass is 19.1. The number of rotatable bonds is 4. The van der Waals surface area contributed by atoms with Gasteiger partial charge in [0, 0.05) is 50.9 Å². The van der Waals surface area contributed by atoms with Crippen LogP contribution < -0.4 is 20.4 Å². The summed E-state index contributed by atoms with van der Waals surface area (Å²) in [5, 5.41) is 5.89. The van der Waals surface area contributed by atoms with Crippen LogP contribution in [-0.4, -0.2) is 45.0 Å². The molecular formula is C22H25FN4O2. The van der Waals surface area contributed by atoms with Crippen LogP contribution in [-0.2, 0) is 4.79 Å². The first kappa shape index (κ1) is 19.2. The summed E-state index contributed by atoms with van der Waals surface area (Å²) in [5.41, 5.74) is 3.13. The van der Waals surface area contributed by atoms with Crippen LogP contribution in [0, 0.1) is 11.7 Å². The van der Waals surface area contributed by atoms with Crippen LogP contribution in [0.25, 0.3) is 0 Å². The average Bonchev–Trinajstić information content (AvgIpc) is 3.14. The molecule has 2 aliphatic heterocycles. The standard InChI is InChI=1S/C22H25FN4O2/c1-26-10-9-21(28)25-19-12-16(2-7-20(19)26)22(29)24-13-15-8-11-27(14-15)18-5-3-17(23)4-6-18/h2-7,12,15H,8-11,13-14H2,1H3,(H,24,29)(H,25,28)/t15-/m1/s1. The molecular weight excluding hydrogens is 371 g/mol. The lowest BCUT2D eigenvalue weighted by Gasteiger charge is -2.19. The van der Waals surface area contributed by atoms with Gasteiger partial charge in [-0.3, -0.25) is 9.59 Å². The molecule has 2 aromatic carbocycles. The third kappa shape index (κ3) is 4.34. The molecule has 1 saturated heterocycles. The maximum absolute atomic E-state index is 13.1. The van der Waals surface area contributed by atoms with Crippen LogP contribution in [0.15, 0.2) is 42.5 Å². The first-order chi connectivity index (χ1) is 14.0. The molecule has 6 nitrogen and oxygen atoms in total. The van der Waals surface area contributed by atoms with E-state index in [-0.39, 0.29) is 17.6 Å². The Bertz CT molecular complexity index is 916. The molecule has 1 atom stereocenters. The third-order valence-electron chi connectivity index (χ3n) is 5.65. The Morgan fingerprint density at radius 2 is 2.00 bits per heavy atom. The number of amides is 2. The molecule has 4 rings (SSSR count). The van der Waals surface area contributed by atoms with Crippen molar-refractivity contribution in [1.29, 1.82) is 0 Å². The number of carbonyl (C=O) groups is 2. The molecule has 0 aromatic heterocycles. The minimum atomic E-state index is -0.236. The maximum Gasteiger partial charge on any atom is 0.251 e. The maximum atomic E-state index is 13.1. The van der Waals surface area contributed by atoms with Crippen LogP contribution in [0.4, 0.5) is 21.5 Å². The second kappa shape index (κ2) is 8.11. The van der Waals surface area contributed by atoms with E-state index in [1.807, 2.05) is 18.0 Å². The second-order valence-electron chi connectivity index (χ2n) is 7.74. The zero-order valence-corrected chi connectivity index (χ0v) is 16.5. The summed E-state index contributed by atoms with van der Waals surface area (Å²) in [6.45, 7) is 2.96. The molecule has 2 N–H and O–H groups in total. The van der Waals surface area contributed by atoms with Crippen molar-refractivity contribution in [1.82, 2.24) is 5.32 Å². The van der Waals surface area contributed by atoms with Gasteiger partial charge in [-0.05, 0) is 54.8 Å². The van der Waals surface area contributed by atoms with Gasteiger partial charge in [-0.2, -0.15) is 0 Å². The van der Waals surface area contributed by atoms with Crippen molar-refractivity contribution in [2.24, 2.45) is 5.92 Å². The molecule has 29 heavy (non-hydrogen) atoms. The fraction of sp³-hybridized carbons (Fsp3) is 0.364. The lowest BCUT2D eigenvalue weighted by Crippen LogP contribution is -2.31. The number of nitrogens with one attached hydrogen (secondary N) is 2. The summed E-state index contributed by atoms with van der Waals surface area (Å²) < 4.78 is 13.1. The number of anilines is 3. The largest absolute Gasteiger partial charge is 0.372 e. The van der Waals surface area contributed by atoms with Crippen molar-refractivity contribution in [3.8, 4) is 0 Å². The Balaban J connectivity index is 1.35. The van der Waals surface area contributed by atoms with Crippen molar-refractivity contribution >= 4 is 28.9 Å². The molecule has 0 bridgehead atoms. The van der Waals surface area contributed by atoms with Gasteiger partial charge in [-0.25, -0.2) is 4.39 Å². The number of nitrogens with zero attached hydrogens (tertiary/aromatic N) is 2. The first-order valence-corrected chi connectivity index (χ1v) is 9.93. The van der Waals surface area contributed by atoms with E-state index in [0.29, 0.717) is 36.7 Å². The second-order valence-corrected chi connectivity index (χ2v) is 7.74. The number of carbonyl (C=O) groups excluding carboxylic acids is 2. The third-order valence-corrected chi connectivity index (χ3v) is 5.65. The summed E-state index contributed by atoms with van der Waals surface area (Å²) in [4.78, 5) is 28.7. The molecule has 152 valence electrons. The van der Waals surface area contributed by atoms with Crippen LogP contribution in [0.3, 0.4) is 0 Å². The molecule has 0 spiro atoms. The summed E-state index contributed by atoms with van der Waals surface area (Å²) in [5.74, 6) is -0.0789. The van der Waals surface area contributed by atoms with Crippen molar-refractivity contribution in [2.75, 3.05) is 48.3 Å².